The zero-order valence-electron chi connectivity index (χ0n) is 11.5. The zero-order valence-corrected chi connectivity index (χ0v) is 11.5. The minimum atomic E-state index is -0.547. The van der Waals surface area contributed by atoms with Crippen LogP contribution in [0, 0.1) is 11.6 Å². The molecule has 0 unspecified atom stereocenters. The molecular formula is C16H17F2NO. The van der Waals surface area contributed by atoms with Crippen LogP contribution in [0.15, 0.2) is 36.4 Å². The minimum Gasteiger partial charge on any atom is -0.494 e. The lowest BCUT2D eigenvalue weighted by Gasteiger charge is -2.10. The summed E-state index contributed by atoms with van der Waals surface area (Å²) in [6.07, 6.45) is 0. The first kappa shape index (κ1) is 14.5. The fourth-order valence-electron chi connectivity index (χ4n) is 2.03. The van der Waals surface area contributed by atoms with Crippen LogP contribution in [0.1, 0.15) is 12.5 Å². The maximum Gasteiger partial charge on any atom is 0.172 e. The van der Waals surface area contributed by atoms with E-state index in [9.17, 15) is 8.78 Å². The largest absolute Gasteiger partial charge is 0.494 e. The molecule has 0 heterocycles. The Bertz CT molecular complexity index is 599. The van der Waals surface area contributed by atoms with Crippen molar-refractivity contribution in [2.24, 2.45) is 0 Å². The molecule has 0 aliphatic heterocycles. The van der Waals surface area contributed by atoms with Gasteiger partial charge >= 0.3 is 0 Å². The molecule has 0 radical (unpaired) electrons. The fourth-order valence-corrected chi connectivity index (χ4v) is 2.03. The highest BCUT2D eigenvalue weighted by molar-refractivity contribution is 5.67. The van der Waals surface area contributed by atoms with Gasteiger partial charge < -0.3 is 10.1 Å². The molecule has 0 saturated heterocycles. The molecule has 106 valence electrons. The summed E-state index contributed by atoms with van der Waals surface area (Å²) in [6.45, 7) is 3.43. The highest BCUT2D eigenvalue weighted by atomic mass is 19.1. The molecule has 2 rings (SSSR count). The lowest BCUT2D eigenvalue weighted by atomic mass is 10.0. The predicted octanol–water partition coefficient (Wildman–Crippen LogP) is 3.75. The van der Waals surface area contributed by atoms with Gasteiger partial charge in [-0.05, 0) is 30.3 Å². The van der Waals surface area contributed by atoms with E-state index in [0.29, 0.717) is 6.54 Å². The van der Waals surface area contributed by atoms with E-state index >= 15 is 0 Å². The first-order valence-electron chi connectivity index (χ1n) is 6.49. The van der Waals surface area contributed by atoms with Crippen LogP contribution in [0.3, 0.4) is 0 Å². The number of hydrogen-bond acceptors (Lipinski definition) is 2. The van der Waals surface area contributed by atoms with Crippen molar-refractivity contribution < 1.29 is 13.5 Å². The number of ether oxygens (including phenoxy) is 1. The third-order valence-corrected chi connectivity index (χ3v) is 3.08. The van der Waals surface area contributed by atoms with Gasteiger partial charge in [0, 0.05) is 17.7 Å². The molecule has 0 aliphatic rings. The molecule has 0 saturated carbocycles. The summed E-state index contributed by atoms with van der Waals surface area (Å²) in [7, 11) is 1.39. The van der Waals surface area contributed by atoms with Gasteiger partial charge in [-0.2, -0.15) is 0 Å². The number of rotatable bonds is 5. The molecule has 0 fully saturated rings. The average Bonchev–Trinajstić information content (AvgIpc) is 2.47. The van der Waals surface area contributed by atoms with Crippen molar-refractivity contribution >= 4 is 0 Å². The summed E-state index contributed by atoms with van der Waals surface area (Å²) in [5.41, 5.74) is 1.36. The van der Waals surface area contributed by atoms with Crippen LogP contribution in [-0.4, -0.2) is 13.7 Å². The van der Waals surface area contributed by atoms with Gasteiger partial charge in [0.15, 0.2) is 11.6 Å². The van der Waals surface area contributed by atoms with E-state index in [-0.39, 0.29) is 16.9 Å². The highest BCUT2D eigenvalue weighted by Crippen LogP contribution is 2.31. The molecule has 0 bridgehead atoms. The summed E-state index contributed by atoms with van der Waals surface area (Å²) >= 11 is 0. The Hall–Kier alpha value is -1.94. The standard InChI is InChI=1S/C16H17F2NO/c1-3-19-10-11-7-8-14(17)13(9-11)12-5-4-6-15(20-2)16(12)18/h4-9,19H,3,10H2,1-2H3. The normalized spacial score (nSPS) is 10.6. The van der Waals surface area contributed by atoms with Gasteiger partial charge in [0.25, 0.3) is 0 Å². The number of nitrogens with one attached hydrogen (secondary N) is 1. The topological polar surface area (TPSA) is 21.3 Å². The van der Waals surface area contributed by atoms with Gasteiger partial charge in [0.2, 0.25) is 0 Å². The van der Waals surface area contributed by atoms with Crippen LogP contribution in [0.2, 0.25) is 0 Å². The van der Waals surface area contributed by atoms with E-state index in [0.717, 1.165) is 12.1 Å². The van der Waals surface area contributed by atoms with E-state index in [1.807, 2.05) is 6.92 Å². The Labute approximate surface area is 117 Å². The van der Waals surface area contributed by atoms with Crippen LogP contribution in [0.5, 0.6) is 5.75 Å². The molecule has 4 heteroatoms. The Morgan fingerprint density at radius 2 is 1.90 bits per heavy atom. The third kappa shape index (κ3) is 2.96. The maximum absolute atomic E-state index is 14.2. The number of benzene rings is 2. The molecule has 0 spiro atoms. The summed E-state index contributed by atoms with van der Waals surface area (Å²) in [6, 6.07) is 9.43. The number of hydrogen-bond donors (Lipinski definition) is 1. The van der Waals surface area contributed by atoms with Crippen molar-refractivity contribution in [2.75, 3.05) is 13.7 Å². The smallest absolute Gasteiger partial charge is 0.172 e. The third-order valence-electron chi connectivity index (χ3n) is 3.08. The Balaban J connectivity index is 2.46. The van der Waals surface area contributed by atoms with Gasteiger partial charge in [-0.3, -0.25) is 0 Å². The molecule has 2 aromatic carbocycles. The van der Waals surface area contributed by atoms with E-state index in [1.54, 1.807) is 24.3 Å². The highest BCUT2D eigenvalue weighted by Gasteiger charge is 2.14. The van der Waals surface area contributed by atoms with Crippen LogP contribution in [0.25, 0.3) is 11.1 Å². The van der Waals surface area contributed by atoms with Crippen molar-refractivity contribution in [1.82, 2.24) is 5.32 Å². The van der Waals surface area contributed by atoms with Crippen LogP contribution >= 0.6 is 0 Å². The molecule has 1 N–H and O–H groups in total. The molecule has 20 heavy (non-hydrogen) atoms. The summed E-state index contributed by atoms with van der Waals surface area (Å²) in [5, 5.41) is 3.16. The Morgan fingerprint density at radius 1 is 1.10 bits per heavy atom. The maximum atomic E-state index is 14.2. The molecular weight excluding hydrogens is 260 g/mol. The van der Waals surface area contributed by atoms with Crippen LogP contribution < -0.4 is 10.1 Å². The molecule has 2 aromatic rings. The monoisotopic (exact) mass is 277 g/mol. The number of methoxy groups -OCH3 is 1. The average molecular weight is 277 g/mol. The molecule has 0 atom stereocenters. The van der Waals surface area contributed by atoms with Crippen molar-refractivity contribution in [3.63, 3.8) is 0 Å². The lowest BCUT2D eigenvalue weighted by Crippen LogP contribution is -2.11. The van der Waals surface area contributed by atoms with Gasteiger partial charge in [-0.1, -0.05) is 25.1 Å². The van der Waals surface area contributed by atoms with E-state index in [2.05, 4.69) is 5.32 Å². The van der Waals surface area contributed by atoms with E-state index < -0.39 is 11.6 Å². The van der Waals surface area contributed by atoms with Crippen molar-refractivity contribution in [1.29, 1.82) is 0 Å². The quantitative estimate of drug-likeness (QED) is 0.898. The second kappa shape index (κ2) is 6.48. The van der Waals surface area contributed by atoms with Crippen LogP contribution in [0.4, 0.5) is 8.78 Å². The van der Waals surface area contributed by atoms with Gasteiger partial charge in [-0.15, -0.1) is 0 Å². The molecule has 2 nitrogen and oxygen atoms in total. The summed E-state index contributed by atoms with van der Waals surface area (Å²) in [4.78, 5) is 0. The fraction of sp³-hybridized carbons (Fsp3) is 0.250. The van der Waals surface area contributed by atoms with E-state index in [4.69, 9.17) is 4.74 Å². The summed E-state index contributed by atoms with van der Waals surface area (Å²) < 4.78 is 33.1. The Morgan fingerprint density at radius 3 is 2.60 bits per heavy atom. The zero-order chi connectivity index (χ0) is 14.5. The minimum absolute atomic E-state index is 0.110. The SMILES string of the molecule is CCNCc1ccc(F)c(-c2cccc(OC)c2F)c1. The van der Waals surface area contributed by atoms with Gasteiger partial charge in [0.05, 0.1) is 7.11 Å². The van der Waals surface area contributed by atoms with Crippen molar-refractivity contribution in [3.8, 4) is 16.9 Å². The molecule has 0 aromatic heterocycles. The lowest BCUT2D eigenvalue weighted by molar-refractivity contribution is 0.387. The second-order valence-electron chi connectivity index (χ2n) is 4.42. The Kier molecular flexibility index (Phi) is 4.69. The second-order valence-corrected chi connectivity index (χ2v) is 4.42. The molecule has 0 aliphatic carbocycles. The summed E-state index contributed by atoms with van der Waals surface area (Å²) in [5.74, 6) is -0.883. The first-order chi connectivity index (χ1) is 9.67. The first-order valence-corrected chi connectivity index (χ1v) is 6.49. The van der Waals surface area contributed by atoms with Crippen molar-refractivity contribution in [3.05, 3.63) is 53.6 Å². The van der Waals surface area contributed by atoms with Crippen LogP contribution in [-0.2, 0) is 6.54 Å². The predicted molar refractivity (Wildman–Crippen MR) is 75.7 cm³/mol. The van der Waals surface area contributed by atoms with Crippen molar-refractivity contribution in [2.45, 2.75) is 13.5 Å². The van der Waals surface area contributed by atoms with Gasteiger partial charge in [0.1, 0.15) is 5.82 Å². The molecule has 0 amide bonds. The number of halogens is 2. The van der Waals surface area contributed by atoms with E-state index in [1.165, 1.54) is 19.2 Å². The van der Waals surface area contributed by atoms with Gasteiger partial charge in [-0.25, -0.2) is 8.78 Å².